The maximum absolute atomic E-state index is 9.70. The highest BCUT2D eigenvalue weighted by Crippen LogP contribution is 2.27. The molecule has 130 valence electrons. The number of nitrogens with zero attached hydrogens (tertiary/aromatic N) is 3. The van der Waals surface area contributed by atoms with Crippen LogP contribution < -0.4 is 4.74 Å². The first-order valence-electron chi connectivity index (χ1n) is 8.65. The van der Waals surface area contributed by atoms with E-state index in [0.29, 0.717) is 18.0 Å². The summed E-state index contributed by atoms with van der Waals surface area (Å²) in [6, 6.07) is 15.7. The molecule has 2 aromatic rings. The molecule has 0 unspecified atom stereocenters. The number of ether oxygens (including phenoxy) is 1. The number of hydrogen-bond acceptors (Lipinski definition) is 5. The lowest BCUT2D eigenvalue weighted by molar-refractivity contribution is 0.150. The van der Waals surface area contributed by atoms with E-state index in [9.17, 15) is 10.4 Å². The van der Waals surface area contributed by atoms with Crippen molar-refractivity contribution in [2.24, 2.45) is 0 Å². The van der Waals surface area contributed by atoms with Gasteiger partial charge in [-0.3, -0.25) is 0 Å². The second-order valence-corrected chi connectivity index (χ2v) is 6.47. The smallest absolute Gasteiger partial charge is 0.232 e. The first-order valence-corrected chi connectivity index (χ1v) is 8.65. The molecule has 1 aliphatic heterocycles. The summed E-state index contributed by atoms with van der Waals surface area (Å²) >= 11 is 0. The lowest BCUT2D eigenvalue weighted by Gasteiger charge is -2.23. The summed E-state index contributed by atoms with van der Waals surface area (Å²) in [5.41, 5.74) is 2.33. The molecule has 0 spiro atoms. The molecule has 1 N–H and O–H groups in total. The van der Waals surface area contributed by atoms with E-state index in [1.54, 1.807) is 6.07 Å². The van der Waals surface area contributed by atoms with Crippen molar-refractivity contribution in [3.63, 3.8) is 0 Å². The van der Waals surface area contributed by atoms with Gasteiger partial charge in [0.15, 0.2) is 0 Å². The van der Waals surface area contributed by atoms with Crippen LogP contribution in [0.15, 0.2) is 42.5 Å². The van der Waals surface area contributed by atoms with Gasteiger partial charge in [0, 0.05) is 31.7 Å². The Morgan fingerprint density at radius 2 is 2.12 bits per heavy atom. The van der Waals surface area contributed by atoms with Crippen LogP contribution in [0.5, 0.6) is 5.88 Å². The van der Waals surface area contributed by atoms with E-state index >= 15 is 0 Å². The van der Waals surface area contributed by atoms with Crippen molar-refractivity contribution in [1.29, 1.82) is 5.26 Å². The number of benzene rings is 1. The van der Waals surface area contributed by atoms with Gasteiger partial charge in [0.1, 0.15) is 17.7 Å². The van der Waals surface area contributed by atoms with Gasteiger partial charge in [0.05, 0.1) is 6.10 Å². The zero-order chi connectivity index (χ0) is 17.6. The van der Waals surface area contributed by atoms with Crippen LogP contribution in [0.2, 0.25) is 0 Å². The fourth-order valence-corrected chi connectivity index (χ4v) is 3.12. The highest BCUT2D eigenvalue weighted by atomic mass is 16.5. The van der Waals surface area contributed by atoms with Gasteiger partial charge in [0.25, 0.3) is 0 Å². The van der Waals surface area contributed by atoms with E-state index in [1.807, 2.05) is 43.3 Å². The minimum atomic E-state index is -0.222. The predicted octanol–water partition coefficient (Wildman–Crippen LogP) is 2.84. The third-order valence-electron chi connectivity index (χ3n) is 4.50. The Labute approximate surface area is 148 Å². The standard InChI is InChI=1S/C20H23N3O2/c1-15-7-8-17(13-21)20(22-15)25-19(16-5-3-2-4-6-16)10-12-23-11-9-18(24)14-23/h2-8,18-19,24H,9-12,14H2,1H3/t18-,19-/m1/s1. The maximum atomic E-state index is 9.70. The van der Waals surface area contributed by atoms with Crippen molar-refractivity contribution in [1.82, 2.24) is 9.88 Å². The Bertz CT molecular complexity index is 742. The van der Waals surface area contributed by atoms with Crippen LogP contribution in [0.1, 0.15) is 35.8 Å². The molecule has 0 aliphatic carbocycles. The number of nitriles is 1. The van der Waals surface area contributed by atoms with Crippen molar-refractivity contribution in [2.75, 3.05) is 19.6 Å². The molecular weight excluding hydrogens is 314 g/mol. The van der Waals surface area contributed by atoms with Crippen LogP contribution in [-0.4, -0.2) is 40.7 Å². The predicted molar refractivity (Wildman–Crippen MR) is 95.2 cm³/mol. The molecule has 0 bridgehead atoms. The number of aromatic nitrogens is 1. The Balaban J connectivity index is 1.77. The number of likely N-dealkylation sites (tertiary alicyclic amines) is 1. The van der Waals surface area contributed by atoms with Gasteiger partial charge in [-0.15, -0.1) is 0 Å². The average molecular weight is 337 g/mol. The molecule has 1 aliphatic rings. The van der Waals surface area contributed by atoms with Crippen LogP contribution in [-0.2, 0) is 0 Å². The Morgan fingerprint density at radius 1 is 1.32 bits per heavy atom. The van der Waals surface area contributed by atoms with Crippen molar-refractivity contribution in [3.05, 3.63) is 59.3 Å². The SMILES string of the molecule is Cc1ccc(C#N)c(O[C@H](CCN2CC[C@@H](O)C2)c2ccccc2)n1. The van der Waals surface area contributed by atoms with E-state index in [0.717, 1.165) is 37.2 Å². The second-order valence-electron chi connectivity index (χ2n) is 6.47. The average Bonchev–Trinajstić information content (AvgIpc) is 3.05. The molecule has 5 heteroatoms. The Hall–Kier alpha value is -2.42. The molecule has 5 nitrogen and oxygen atoms in total. The first-order chi connectivity index (χ1) is 12.2. The Morgan fingerprint density at radius 3 is 2.80 bits per heavy atom. The van der Waals surface area contributed by atoms with Gasteiger partial charge >= 0.3 is 0 Å². The van der Waals surface area contributed by atoms with Crippen LogP contribution in [0, 0.1) is 18.3 Å². The molecule has 25 heavy (non-hydrogen) atoms. The monoisotopic (exact) mass is 337 g/mol. The number of aryl methyl sites for hydroxylation is 1. The van der Waals surface area contributed by atoms with Gasteiger partial charge in [-0.25, -0.2) is 4.98 Å². The normalized spacial score (nSPS) is 18.7. The second kappa shape index (κ2) is 8.11. The lowest BCUT2D eigenvalue weighted by atomic mass is 10.1. The third kappa shape index (κ3) is 4.56. The van der Waals surface area contributed by atoms with E-state index in [1.165, 1.54) is 0 Å². The summed E-state index contributed by atoms with van der Waals surface area (Å²) in [4.78, 5) is 6.65. The Kier molecular flexibility index (Phi) is 5.64. The number of rotatable bonds is 6. The molecule has 1 saturated heterocycles. The van der Waals surface area contributed by atoms with Crippen LogP contribution in [0.4, 0.5) is 0 Å². The van der Waals surface area contributed by atoms with Gasteiger partial charge in [-0.05, 0) is 31.0 Å². The topological polar surface area (TPSA) is 69.4 Å². The van der Waals surface area contributed by atoms with E-state index in [4.69, 9.17) is 4.74 Å². The molecule has 1 fully saturated rings. The van der Waals surface area contributed by atoms with Crippen LogP contribution >= 0.6 is 0 Å². The number of pyridine rings is 1. The molecule has 1 aromatic heterocycles. The molecule has 2 heterocycles. The quantitative estimate of drug-likeness (QED) is 0.878. The summed E-state index contributed by atoms with van der Waals surface area (Å²) in [5, 5.41) is 19.0. The summed E-state index contributed by atoms with van der Waals surface area (Å²) in [5.74, 6) is 0.387. The molecule has 0 saturated carbocycles. The van der Waals surface area contributed by atoms with Crippen molar-refractivity contribution < 1.29 is 9.84 Å². The highest BCUT2D eigenvalue weighted by molar-refractivity contribution is 5.39. The molecule has 2 atom stereocenters. The number of hydrogen-bond donors (Lipinski definition) is 1. The van der Waals surface area contributed by atoms with Gasteiger partial charge in [-0.2, -0.15) is 5.26 Å². The number of aliphatic hydroxyl groups excluding tert-OH is 1. The zero-order valence-electron chi connectivity index (χ0n) is 14.4. The lowest BCUT2D eigenvalue weighted by Crippen LogP contribution is -2.25. The fourth-order valence-electron chi connectivity index (χ4n) is 3.12. The van der Waals surface area contributed by atoms with E-state index in [2.05, 4.69) is 16.0 Å². The number of β-amino-alcohol motifs (C(OH)–C–C–N with tert-alkyl or cyclic N) is 1. The third-order valence-corrected chi connectivity index (χ3v) is 4.50. The van der Waals surface area contributed by atoms with Gasteiger partial charge in [0.2, 0.25) is 5.88 Å². The summed E-state index contributed by atoms with van der Waals surface area (Å²) in [7, 11) is 0. The van der Waals surface area contributed by atoms with Crippen molar-refractivity contribution >= 4 is 0 Å². The van der Waals surface area contributed by atoms with Gasteiger partial charge < -0.3 is 14.7 Å². The highest BCUT2D eigenvalue weighted by Gasteiger charge is 2.23. The molecule has 0 amide bonds. The van der Waals surface area contributed by atoms with E-state index < -0.39 is 0 Å². The zero-order valence-corrected chi connectivity index (χ0v) is 14.4. The summed E-state index contributed by atoms with van der Waals surface area (Å²) in [6.07, 6.45) is 1.20. The molecule has 1 aromatic carbocycles. The van der Waals surface area contributed by atoms with Crippen molar-refractivity contribution in [2.45, 2.75) is 32.0 Å². The van der Waals surface area contributed by atoms with Crippen LogP contribution in [0.25, 0.3) is 0 Å². The summed E-state index contributed by atoms with van der Waals surface area (Å²) in [6.45, 7) is 4.35. The molecule has 0 radical (unpaired) electrons. The van der Waals surface area contributed by atoms with E-state index in [-0.39, 0.29) is 12.2 Å². The molecular formula is C20H23N3O2. The number of aliphatic hydroxyl groups is 1. The first kappa shape index (κ1) is 17.4. The van der Waals surface area contributed by atoms with Crippen LogP contribution in [0.3, 0.4) is 0 Å². The minimum absolute atomic E-state index is 0.180. The maximum Gasteiger partial charge on any atom is 0.232 e. The van der Waals surface area contributed by atoms with Gasteiger partial charge in [-0.1, -0.05) is 30.3 Å². The van der Waals surface area contributed by atoms with Crippen molar-refractivity contribution in [3.8, 4) is 11.9 Å². The fraction of sp³-hybridized carbons (Fsp3) is 0.400. The summed E-state index contributed by atoms with van der Waals surface area (Å²) < 4.78 is 6.17. The minimum Gasteiger partial charge on any atom is -0.468 e. The molecule has 3 rings (SSSR count). The largest absolute Gasteiger partial charge is 0.468 e.